The van der Waals surface area contributed by atoms with Crippen LogP contribution in [-0.4, -0.2) is 19.3 Å². The Bertz CT molecular complexity index is 248. The number of carbonyl (C=O) groups is 1. The molecule has 2 nitrogen and oxygen atoms in total. The van der Waals surface area contributed by atoms with Gasteiger partial charge in [0.05, 0.1) is 7.11 Å². The third kappa shape index (κ3) is 1.25. The Hall–Kier alpha value is -0.600. The van der Waals surface area contributed by atoms with Gasteiger partial charge in [-0.05, 0) is 12.3 Å². The van der Waals surface area contributed by atoms with Crippen LogP contribution in [0.5, 0.6) is 0 Å². The van der Waals surface area contributed by atoms with Crippen molar-refractivity contribution in [2.24, 2.45) is 16.7 Å². The molecule has 0 amide bonds. The molecule has 0 N–H and O–H groups in total. The lowest BCUT2D eigenvalue weighted by Crippen LogP contribution is -2.25. The molecule has 0 aromatic heterocycles. The molecule has 82 valence electrons. The van der Waals surface area contributed by atoms with E-state index in [2.05, 4.69) is 0 Å². The largest absolute Gasteiger partial charge is 0.468 e. The zero-order valence-electron chi connectivity index (χ0n) is 9.56. The second kappa shape index (κ2) is 3.21. The van der Waals surface area contributed by atoms with Crippen molar-refractivity contribution < 1.29 is 13.9 Å². The summed E-state index contributed by atoms with van der Waals surface area (Å²) < 4.78 is 18.4. The summed E-state index contributed by atoms with van der Waals surface area (Å²) in [5.74, 6) is -0.0992. The summed E-state index contributed by atoms with van der Waals surface area (Å²) in [5, 5.41) is 0. The van der Waals surface area contributed by atoms with Crippen LogP contribution in [-0.2, 0) is 9.53 Å². The number of carbonyl (C=O) groups excluding carboxylic acids is 1. The minimum absolute atomic E-state index is 0.300. The molecule has 0 heterocycles. The fraction of sp³-hybridized carbons (Fsp3) is 0.909. The molecule has 0 spiro atoms. The Kier molecular flexibility index (Phi) is 2.63. The van der Waals surface area contributed by atoms with Crippen molar-refractivity contribution in [3.63, 3.8) is 0 Å². The maximum absolute atomic E-state index is 13.7. The van der Waals surface area contributed by atoms with E-state index >= 15 is 0 Å². The second-order valence-corrected chi connectivity index (χ2v) is 5.15. The Balaban J connectivity index is 2.91. The number of esters is 1. The van der Waals surface area contributed by atoms with E-state index in [9.17, 15) is 9.18 Å². The molecule has 1 aliphatic carbocycles. The molecule has 1 fully saturated rings. The highest BCUT2D eigenvalue weighted by atomic mass is 19.1. The molecule has 0 aliphatic heterocycles. The molecule has 0 radical (unpaired) electrons. The number of alkyl halides is 1. The standard InChI is InChI=1S/C11H19FO2/c1-7(2)6-11(9(13)14-5)8(12)10(11,3)4/h7-8H,6H2,1-5H3/t8-,11?/m1/s1. The van der Waals surface area contributed by atoms with Gasteiger partial charge in [-0.1, -0.05) is 27.7 Å². The van der Waals surface area contributed by atoms with E-state index in [0.717, 1.165) is 0 Å². The van der Waals surface area contributed by atoms with Crippen molar-refractivity contribution in [3.05, 3.63) is 0 Å². The van der Waals surface area contributed by atoms with Crippen LogP contribution in [0.25, 0.3) is 0 Å². The zero-order valence-corrected chi connectivity index (χ0v) is 9.56. The molecule has 14 heavy (non-hydrogen) atoms. The number of ether oxygens (including phenoxy) is 1. The van der Waals surface area contributed by atoms with Crippen molar-refractivity contribution in [3.8, 4) is 0 Å². The van der Waals surface area contributed by atoms with Gasteiger partial charge in [-0.3, -0.25) is 4.79 Å². The topological polar surface area (TPSA) is 26.3 Å². The summed E-state index contributed by atoms with van der Waals surface area (Å²) in [7, 11) is 1.32. The molecule has 1 aliphatic rings. The predicted molar refractivity (Wildman–Crippen MR) is 52.6 cm³/mol. The first kappa shape index (κ1) is 11.5. The molecule has 0 bridgehead atoms. The Morgan fingerprint density at radius 1 is 1.50 bits per heavy atom. The van der Waals surface area contributed by atoms with Crippen LogP contribution >= 0.6 is 0 Å². The van der Waals surface area contributed by atoms with Crippen molar-refractivity contribution in [2.75, 3.05) is 7.11 Å². The molecule has 1 unspecified atom stereocenters. The van der Waals surface area contributed by atoms with Crippen LogP contribution in [0.4, 0.5) is 4.39 Å². The normalized spacial score (nSPS) is 34.4. The van der Waals surface area contributed by atoms with Gasteiger partial charge in [0.25, 0.3) is 0 Å². The Morgan fingerprint density at radius 2 is 1.93 bits per heavy atom. The predicted octanol–water partition coefficient (Wildman–Crippen LogP) is 2.57. The average Bonchev–Trinajstić information content (AvgIpc) is 2.49. The number of halogens is 1. The number of methoxy groups -OCH3 is 1. The third-order valence-corrected chi connectivity index (χ3v) is 3.41. The van der Waals surface area contributed by atoms with Gasteiger partial charge in [-0.25, -0.2) is 4.39 Å². The van der Waals surface area contributed by atoms with E-state index in [1.807, 2.05) is 13.8 Å². The SMILES string of the molecule is COC(=O)C1(CC(C)C)[C@H](F)C1(C)C. The summed E-state index contributed by atoms with van der Waals surface area (Å²) in [6, 6.07) is 0. The number of hydrogen-bond donors (Lipinski definition) is 0. The highest BCUT2D eigenvalue weighted by Gasteiger charge is 2.77. The third-order valence-electron chi connectivity index (χ3n) is 3.41. The molecule has 0 aromatic carbocycles. The summed E-state index contributed by atoms with van der Waals surface area (Å²) in [6.07, 6.45) is -0.502. The fourth-order valence-electron chi connectivity index (χ4n) is 2.43. The number of rotatable bonds is 3. The van der Waals surface area contributed by atoms with Gasteiger partial charge >= 0.3 is 5.97 Å². The zero-order chi connectivity index (χ0) is 11.1. The molecule has 0 aromatic rings. The van der Waals surface area contributed by atoms with Crippen molar-refractivity contribution in [1.29, 1.82) is 0 Å². The molecule has 1 rings (SSSR count). The molecule has 3 heteroatoms. The summed E-state index contributed by atoms with van der Waals surface area (Å²) in [4.78, 5) is 11.6. The molecular formula is C11H19FO2. The van der Waals surface area contributed by atoms with Gasteiger partial charge < -0.3 is 4.74 Å². The lowest BCUT2D eigenvalue weighted by molar-refractivity contribution is -0.149. The van der Waals surface area contributed by atoms with E-state index in [4.69, 9.17) is 4.74 Å². The minimum Gasteiger partial charge on any atom is -0.468 e. The molecule has 1 saturated carbocycles. The van der Waals surface area contributed by atoms with E-state index in [1.165, 1.54) is 7.11 Å². The van der Waals surface area contributed by atoms with Crippen LogP contribution in [0.2, 0.25) is 0 Å². The van der Waals surface area contributed by atoms with Crippen molar-refractivity contribution in [2.45, 2.75) is 40.3 Å². The summed E-state index contributed by atoms with van der Waals surface area (Å²) in [6.45, 7) is 7.56. The highest BCUT2D eigenvalue weighted by Crippen LogP contribution is 2.68. The van der Waals surface area contributed by atoms with Crippen LogP contribution in [0.1, 0.15) is 34.1 Å². The van der Waals surface area contributed by atoms with E-state index in [0.29, 0.717) is 12.3 Å². The second-order valence-electron chi connectivity index (χ2n) is 5.15. The van der Waals surface area contributed by atoms with Crippen LogP contribution in [0.15, 0.2) is 0 Å². The van der Waals surface area contributed by atoms with Gasteiger partial charge in [0.1, 0.15) is 11.6 Å². The maximum Gasteiger partial charge on any atom is 0.315 e. The summed E-state index contributed by atoms with van der Waals surface area (Å²) >= 11 is 0. The first-order chi connectivity index (χ1) is 6.30. The molecule has 2 atom stereocenters. The van der Waals surface area contributed by atoms with Gasteiger partial charge in [0, 0.05) is 5.41 Å². The van der Waals surface area contributed by atoms with E-state index in [-0.39, 0.29) is 0 Å². The van der Waals surface area contributed by atoms with Gasteiger partial charge in [0.15, 0.2) is 0 Å². The van der Waals surface area contributed by atoms with Crippen LogP contribution in [0, 0.1) is 16.7 Å². The number of hydrogen-bond acceptors (Lipinski definition) is 2. The molecule has 0 saturated heterocycles. The first-order valence-corrected chi connectivity index (χ1v) is 5.03. The highest BCUT2D eigenvalue weighted by molar-refractivity contribution is 5.83. The Labute approximate surface area is 84.8 Å². The Morgan fingerprint density at radius 3 is 2.14 bits per heavy atom. The van der Waals surface area contributed by atoms with Crippen molar-refractivity contribution in [1.82, 2.24) is 0 Å². The first-order valence-electron chi connectivity index (χ1n) is 5.03. The lowest BCUT2D eigenvalue weighted by Gasteiger charge is -2.18. The quantitative estimate of drug-likeness (QED) is 0.657. The van der Waals surface area contributed by atoms with Gasteiger partial charge in [0.2, 0.25) is 0 Å². The van der Waals surface area contributed by atoms with Crippen molar-refractivity contribution >= 4 is 5.97 Å². The van der Waals surface area contributed by atoms with Gasteiger partial charge in [-0.2, -0.15) is 0 Å². The average molecular weight is 202 g/mol. The monoisotopic (exact) mass is 202 g/mol. The smallest absolute Gasteiger partial charge is 0.315 e. The minimum atomic E-state index is -1.06. The fourth-order valence-corrected chi connectivity index (χ4v) is 2.43. The van der Waals surface area contributed by atoms with E-state index in [1.54, 1.807) is 13.8 Å². The van der Waals surface area contributed by atoms with Gasteiger partial charge in [-0.15, -0.1) is 0 Å². The lowest BCUT2D eigenvalue weighted by atomic mass is 9.87. The van der Waals surface area contributed by atoms with E-state index < -0.39 is 23.0 Å². The molecular weight excluding hydrogens is 183 g/mol. The summed E-state index contributed by atoms with van der Waals surface area (Å²) in [5.41, 5.74) is -1.46. The maximum atomic E-state index is 13.7. The van der Waals surface area contributed by atoms with Crippen LogP contribution in [0.3, 0.4) is 0 Å². The van der Waals surface area contributed by atoms with Crippen LogP contribution < -0.4 is 0 Å².